The molecule has 0 aromatic heterocycles. The summed E-state index contributed by atoms with van der Waals surface area (Å²) in [6.45, 7) is 9.40. The van der Waals surface area contributed by atoms with Crippen LogP contribution in [0.15, 0.2) is 11.6 Å². The van der Waals surface area contributed by atoms with Crippen molar-refractivity contribution in [2.75, 3.05) is 6.61 Å². The van der Waals surface area contributed by atoms with Crippen LogP contribution >= 0.6 is 0 Å². The average Bonchev–Trinajstić information content (AvgIpc) is 3.24. The van der Waals surface area contributed by atoms with Gasteiger partial charge in [0.1, 0.15) is 24.4 Å². The number of rotatable bonds is 8. The molecule has 0 aromatic carbocycles. The van der Waals surface area contributed by atoms with Crippen LogP contribution in [0.2, 0.25) is 0 Å². The number of aliphatic hydroxyl groups is 7. The minimum absolute atomic E-state index is 0.0309. The van der Waals surface area contributed by atoms with E-state index in [1.807, 2.05) is 6.92 Å². The zero-order valence-corrected chi connectivity index (χ0v) is 26.4. The topological polar surface area (TPSA) is 177 Å². The van der Waals surface area contributed by atoms with Gasteiger partial charge in [-0.3, -0.25) is 4.79 Å². The summed E-state index contributed by atoms with van der Waals surface area (Å²) >= 11 is 0. The maximum absolute atomic E-state index is 13.4. The third-order valence-electron chi connectivity index (χ3n) is 12.7. The third kappa shape index (κ3) is 5.46. The first-order valence-corrected chi connectivity index (χ1v) is 16.3. The highest BCUT2D eigenvalue weighted by molar-refractivity contribution is 5.95. The summed E-state index contributed by atoms with van der Waals surface area (Å²) in [5, 5.41) is 74.2. The second kappa shape index (κ2) is 11.7. The molecule has 1 aliphatic heterocycles. The first kappa shape index (κ1) is 33.4. The molecule has 5 aliphatic rings. The Hall–Kier alpha value is -0.950. The molecule has 0 radical (unpaired) electrons. The second-order valence-corrected chi connectivity index (χ2v) is 15.5. The maximum atomic E-state index is 13.4. The fourth-order valence-electron chi connectivity index (χ4n) is 9.77. The van der Waals surface area contributed by atoms with Gasteiger partial charge in [0, 0.05) is 11.3 Å². The van der Waals surface area contributed by atoms with Crippen LogP contribution in [0.3, 0.4) is 0 Å². The largest absolute Gasteiger partial charge is 0.394 e. The highest BCUT2D eigenvalue weighted by atomic mass is 16.7. The van der Waals surface area contributed by atoms with Crippen LogP contribution in [-0.4, -0.2) is 102 Å². The van der Waals surface area contributed by atoms with Crippen molar-refractivity contribution < 1.29 is 50.0 Å². The molecular formula is C33H54O10. The van der Waals surface area contributed by atoms with E-state index in [9.17, 15) is 40.5 Å². The highest BCUT2D eigenvalue weighted by Crippen LogP contribution is 2.68. The predicted molar refractivity (Wildman–Crippen MR) is 156 cm³/mol. The molecule has 10 nitrogen and oxygen atoms in total. The summed E-state index contributed by atoms with van der Waals surface area (Å²) in [6.07, 6.45) is -0.486. The van der Waals surface area contributed by atoms with E-state index in [0.717, 1.165) is 31.3 Å². The van der Waals surface area contributed by atoms with Crippen molar-refractivity contribution >= 4 is 5.78 Å². The maximum Gasteiger partial charge on any atom is 0.187 e. The fourth-order valence-corrected chi connectivity index (χ4v) is 9.77. The first-order valence-electron chi connectivity index (χ1n) is 16.3. The van der Waals surface area contributed by atoms with Crippen molar-refractivity contribution in [1.82, 2.24) is 0 Å². The second-order valence-electron chi connectivity index (χ2n) is 15.5. The van der Waals surface area contributed by atoms with Crippen LogP contribution in [0.25, 0.3) is 0 Å². The number of ketones is 1. The molecule has 5 rings (SSSR count). The lowest BCUT2D eigenvalue weighted by Crippen LogP contribution is -2.60. The van der Waals surface area contributed by atoms with E-state index in [1.165, 1.54) is 0 Å². The smallest absolute Gasteiger partial charge is 0.187 e. The molecule has 14 atom stereocenters. The minimum atomic E-state index is -1.53. The summed E-state index contributed by atoms with van der Waals surface area (Å²) < 4.78 is 11.5. The van der Waals surface area contributed by atoms with E-state index in [0.29, 0.717) is 32.1 Å². The summed E-state index contributed by atoms with van der Waals surface area (Å²) in [4.78, 5) is 13.4. The minimum Gasteiger partial charge on any atom is -0.394 e. The zero-order chi connectivity index (χ0) is 31.7. The number of hydrogen-bond acceptors (Lipinski definition) is 10. The van der Waals surface area contributed by atoms with E-state index < -0.39 is 66.1 Å². The Labute approximate surface area is 255 Å². The van der Waals surface area contributed by atoms with E-state index >= 15 is 0 Å². The van der Waals surface area contributed by atoms with E-state index in [4.69, 9.17) is 9.47 Å². The molecule has 3 unspecified atom stereocenters. The number of aliphatic hydroxyl groups excluding tert-OH is 6. The van der Waals surface area contributed by atoms with Gasteiger partial charge >= 0.3 is 0 Å². The van der Waals surface area contributed by atoms with Crippen molar-refractivity contribution in [1.29, 1.82) is 0 Å². The number of carbonyl (C=O) groups is 1. The normalized spacial score (nSPS) is 48.1. The van der Waals surface area contributed by atoms with E-state index in [1.54, 1.807) is 19.9 Å². The molecule has 0 amide bonds. The molecule has 10 heteroatoms. The van der Waals surface area contributed by atoms with Crippen molar-refractivity contribution in [3.63, 3.8) is 0 Å². The van der Waals surface area contributed by atoms with Crippen molar-refractivity contribution in [3.8, 4) is 0 Å². The molecule has 7 N–H and O–H groups in total. The Bertz CT molecular complexity index is 1080. The SMILES string of the molecule is C[C@H](C(O)CCC(C)(C)O[C@@H]1O[C@H](CO)[C@@H](O)[C@H](O)[C@H]1O)[C@H]1CC[C@@]2(O)C3=CC(=O)C4CC(O)CC[C@]4(C)[C@H]3CC[C@]12C. The molecule has 0 spiro atoms. The predicted octanol–water partition coefficient (Wildman–Crippen LogP) is 1.59. The lowest BCUT2D eigenvalue weighted by molar-refractivity contribution is -0.324. The third-order valence-corrected chi connectivity index (χ3v) is 12.7. The quantitative estimate of drug-likeness (QED) is 0.214. The molecule has 43 heavy (non-hydrogen) atoms. The summed E-state index contributed by atoms with van der Waals surface area (Å²) in [7, 11) is 0. The first-order chi connectivity index (χ1) is 20.0. The monoisotopic (exact) mass is 610 g/mol. The Balaban J connectivity index is 1.26. The fraction of sp³-hybridized carbons (Fsp3) is 0.909. The summed E-state index contributed by atoms with van der Waals surface area (Å²) in [5.74, 6) is -0.155. The van der Waals surface area contributed by atoms with Gasteiger partial charge in [0.25, 0.3) is 0 Å². The molecular weight excluding hydrogens is 556 g/mol. The van der Waals surface area contributed by atoms with Gasteiger partial charge in [-0.15, -0.1) is 0 Å². The standard InChI is InChI=1S/C33H54O10/c1-17(23(36)9-10-30(2,3)43-29-28(40)27(39)26(38)25(16-34)42-29)19-8-13-33(41)21-15-24(37)22-14-18(35)6-11-31(22,4)20(21)7-12-32(19,33)5/h15,17-20,22-23,25-29,34-36,38-41H,6-14,16H2,1-5H3/t17-,18?,19+,20-,22?,23?,25+,26+,27-,28+,29-,31+,32+,33+/m0/s1. The lowest BCUT2D eigenvalue weighted by Gasteiger charge is -2.59. The van der Waals surface area contributed by atoms with Crippen LogP contribution in [-0.2, 0) is 14.3 Å². The molecule has 4 aliphatic carbocycles. The Morgan fingerprint density at radius 3 is 2.40 bits per heavy atom. The van der Waals surface area contributed by atoms with E-state index in [2.05, 4.69) is 13.8 Å². The van der Waals surface area contributed by atoms with Gasteiger partial charge in [0.2, 0.25) is 0 Å². The molecule has 3 saturated carbocycles. The van der Waals surface area contributed by atoms with Gasteiger partial charge in [-0.2, -0.15) is 0 Å². The molecule has 1 saturated heterocycles. The zero-order valence-electron chi connectivity index (χ0n) is 26.4. The molecule has 246 valence electrons. The number of hydrogen-bond donors (Lipinski definition) is 7. The summed E-state index contributed by atoms with van der Waals surface area (Å²) in [5.41, 5.74) is -1.85. The highest BCUT2D eigenvalue weighted by Gasteiger charge is 2.66. The van der Waals surface area contributed by atoms with Crippen molar-refractivity contribution in [3.05, 3.63) is 11.6 Å². The van der Waals surface area contributed by atoms with Gasteiger partial charge in [-0.05, 0) is 106 Å². The number of allylic oxidation sites excluding steroid dienone is 1. The van der Waals surface area contributed by atoms with Gasteiger partial charge in [0.05, 0.1) is 30.0 Å². The Kier molecular flexibility index (Phi) is 9.08. The average molecular weight is 611 g/mol. The molecule has 0 bridgehead atoms. The molecule has 1 heterocycles. The van der Waals surface area contributed by atoms with Gasteiger partial charge in [-0.25, -0.2) is 0 Å². The summed E-state index contributed by atoms with van der Waals surface area (Å²) in [6, 6.07) is 0. The van der Waals surface area contributed by atoms with Gasteiger partial charge in [-0.1, -0.05) is 20.8 Å². The van der Waals surface area contributed by atoms with Crippen LogP contribution in [0.5, 0.6) is 0 Å². The van der Waals surface area contributed by atoms with Crippen LogP contribution < -0.4 is 0 Å². The van der Waals surface area contributed by atoms with Crippen LogP contribution in [0.4, 0.5) is 0 Å². The van der Waals surface area contributed by atoms with Crippen LogP contribution in [0.1, 0.15) is 92.4 Å². The number of fused-ring (bicyclic) bond motifs is 5. The molecule has 4 fully saturated rings. The Morgan fingerprint density at radius 1 is 1.02 bits per heavy atom. The van der Waals surface area contributed by atoms with Gasteiger partial charge < -0.3 is 45.2 Å². The van der Waals surface area contributed by atoms with Gasteiger partial charge in [0.15, 0.2) is 12.1 Å². The lowest BCUT2D eigenvalue weighted by atomic mass is 9.46. The van der Waals surface area contributed by atoms with Crippen molar-refractivity contribution in [2.45, 2.75) is 147 Å². The Morgan fingerprint density at radius 2 is 1.72 bits per heavy atom. The number of carbonyl (C=O) groups excluding carboxylic acids is 1. The van der Waals surface area contributed by atoms with E-state index in [-0.39, 0.29) is 34.9 Å². The van der Waals surface area contributed by atoms with Crippen LogP contribution in [0, 0.1) is 34.5 Å². The molecule has 0 aromatic rings. The number of ether oxygens (including phenoxy) is 2. The van der Waals surface area contributed by atoms with Crippen molar-refractivity contribution in [2.24, 2.45) is 34.5 Å².